The maximum absolute atomic E-state index is 4.53. The molecule has 18 heavy (non-hydrogen) atoms. The first-order valence-electron chi connectivity index (χ1n) is 7.35. The lowest BCUT2D eigenvalue weighted by atomic mass is 9.91. The van der Waals surface area contributed by atoms with Crippen LogP contribution in [0.4, 0.5) is 0 Å². The van der Waals surface area contributed by atoms with Crippen LogP contribution in [-0.4, -0.2) is 22.4 Å². The third-order valence-corrected chi connectivity index (χ3v) is 4.20. The third kappa shape index (κ3) is 3.58. The Labute approximate surface area is 111 Å². The summed E-state index contributed by atoms with van der Waals surface area (Å²) in [7, 11) is 2.06. The SMILES string of the molecule is CCc1cc(CC(C)C(C)CNC2CC2)n(C)n1. The first-order valence-corrected chi connectivity index (χ1v) is 7.35. The molecule has 0 aliphatic heterocycles. The zero-order valence-corrected chi connectivity index (χ0v) is 12.2. The lowest BCUT2D eigenvalue weighted by Crippen LogP contribution is -2.27. The Hall–Kier alpha value is -0.830. The van der Waals surface area contributed by atoms with Crippen molar-refractivity contribution >= 4 is 0 Å². The molecule has 1 aliphatic rings. The number of aromatic nitrogens is 2. The van der Waals surface area contributed by atoms with E-state index in [1.807, 2.05) is 0 Å². The molecular formula is C15H27N3. The second-order valence-corrected chi connectivity index (χ2v) is 5.95. The average Bonchev–Trinajstić information content (AvgIpc) is 3.11. The average molecular weight is 249 g/mol. The van der Waals surface area contributed by atoms with Crippen LogP contribution >= 0.6 is 0 Å². The van der Waals surface area contributed by atoms with Crippen LogP contribution < -0.4 is 5.32 Å². The minimum absolute atomic E-state index is 0.705. The Kier molecular flexibility index (Phi) is 4.44. The van der Waals surface area contributed by atoms with Gasteiger partial charge in [-0.1, -0.05) is 20.8 Å². The van der Waals surface area contributed by atoms with Crippen LogP contribution in [0.15, 0.2) is 6.07 Å². The monoisotopic (exact) mass is 249 g/mol. The van der Waals surface area contributed by atoms with E-state index in [-0.39, 0.29) is 0 Å². The van der Waals surface area contributed by atoms with E-state index in [0.717, 1.165) is 31.3 Å². The highest BCUT2D eigenvalue weighted by Crippen LogP contribution is 2.21. The van der Waals surface area contributed by atoms with Gasteiger partial charge in [-0.15, -0.1) is 0 Å². The van der Waals surface area contributed by atoms with Crippen LogP contribution in [0, 0.1) is 11.8 Å². The van der Waals surface area contributed by atoms with Crippen LogP contribution in [0.3, 0.4) is 0 Å². The Morgan fingerprint density at radius 3 is 2.67 bits per heavy atom. The molecular weight excluding hydrogens is 222 g/mol. The molecule has 3 heteroatoms. The summed E-state index contributed by atoms with van der Waals surface area (Å²) in [6, 6.07) is 3.08. The van der Waals surface area contributed by atoms with E-state index in [2.05, 4.69) is 49.0 Å². The molecule has 102 valence electrons. The van der Waals surface area contributed by atoms with E-state index in [1.54, 1.807) is 0 Å². The van der Waals surface area contributed by atoms with Crippen LogP contribution in [0.5, 0.6) is 0 Å². The molecule has 2 rings (SSSR count). The summed E-state index contributed by atoms with van der Waals surface area (Å²) in [5.74, 6) is 1.43. The maximum atomic E-state index is 4.53. The molecule has 1 N–H and O–H groups in total. The van der Waals surface area contributed by atoms with Crippen LogP contribution in [-0.2, 0) is 19.9 Å². The van der Waals surface area contributed by atoms with Crippen molar-refractivity contribution in [3.8, 4) is 0 Å². The molecule has 1 fully saturated rings. The predicted molar refractivity (Wildman–Crippen MR) is 75.6 cm³/mol. The van der Waals surface area contributed by atoms with Crippen molar-refractivity contribution in [1.29, 1.82) is 0 Å². The van der Waals surface area contributed by atoms with Crippen molar-refractivity contribution in [2.45, 2.75) is 52.5 Å². The summed E-state index contributed by atoms with van der Waals surface area (Å²) in [6.07, 6.45) is 4.92. The zero-order valence-electron chi connectivity index (χ0n) is 12.2. The van der Waals surface area contributed by atoms with Crippen LogP contribution in [0.2, 0.25) is 0 Å². The number of rotatable bonds is 7. The smallest absolute Gasteiger partial charge is 0.0624 e. The van der Waals surface area contributed by atoms with Gasteiger partial charge in [-0.25, -0.2) is 0 Å². The molecule has 0 aromatic carbocycles. The molecule has 0 amide bonds. The standard InChI is InChI=1S/C15H27N3/c1-5-13-9-15(18(4)17-13)8-11(2)12(3)10-16-14-6-7-14/h9,11-12,14,16H,5-8,10H2,1-4H3. The van der Waals surface area contributed by atoms with Gasteiger partial charge in [-0.2, -0.15) is 5.10 Å². The van der Waals surface area contributed by atoms with Gasteiger partial charge >= 0.3 is 0 Å². The fraction of sp³-hybridized carbons (Fsp3) is 0.800. The van der Waals surface area contributed by atoms with Crippen molar-refractivity contribution in [3.63, 3.8) is 0 Å². The van der Waals surface area contributed by atoms with Crippen molar-refractivity contribution in [1.82, 2.24) is 15.1 Å². The number of nitrogens with one attached hydrogen (secondary N) is 1. The van der Waals surface area contributed by atoms with Crippen molar-refractivity contribution in [2.24, 2.45) is 18.9 Å². The molecule has 1 aromatic rings. The molecule has 0 saturated heterocycles. The summed E-state index contributed by atoms with van der Waals surface area (Å²) in [5.41, 5.74) is 2.58. The lowest BCUT2D eigenvalue weighted by molar-refractivity contribution is 0.358. The molecule has 1 aromatic heterocycles. The summed E-state index contributed by atoms with van der Waals surface area (Å²) in [4.78, 5) is 0. The largest absolute Gasteiger partial charge is 0.314 e. The molecule has 1 saturated carbocycles. The van der Waals surface area contributed by atoms with Gasteiger partial charge in [0.1, 0.15) is 0 Å². The first-order chi connectivity index (χ1) is 8.60. The minimum atomic E-state index is 0.705. The lowest BCUT2D eigenvalue weighted by Gasteiger charge is -2.20. The number of hydrogen-bond donors (Lipinski definition) is 1. The summed E-state index contributed by atoms with van der Waals surface area (Å²) in [6.45, 7) is 8.04. The highest BCUT2D eigenvalue weighted by Gasteiger charge is 2.22. The van der Waals surface area contributed by atoms with Gasteiger partial charge in [0.25, 0.3) is 0 Å². The number of hydrogen-bond acceptors (Lipinski definition) is 2. The van der Waals surface area contributed by atoms with Gasteiger partial charge in [0.2, 0.25) is 0 Å². The fourth-order valence-corrected chi connectivity index (χ4v) is 2.31. The van der Waals surface area contributed by atoms with E-state index in [1.165, 1.54) is 24.2 Å². The summed E-state index contributed by atoms with van der Waals surface area (Å²) >= 11 is 0. The van der Waals surface area contributed by atoms with Gasteiger partial charge in [-0.05, 0) is 50.1 Å². The Balaban J connectivity index is 1.84. The second kappa shape index (κ2) is 5.87. The first kappa shape index (κ1) is 13.6. The van der Waals surface area contributed by atoms with Gasteiger partial charge in [0, 0.05) is 18.8 Å². The minimum Gasteiger partial charge on any atom is -0.314 e. The highest BCUT2D eigenvalue weighted by molar-refractivity contribution is 5.10. The second-order valence-electron chi connectivity index (χ2n) is 5.95. The normalized spacial score (nSPS) is 18.9. The molecule has 3 nitrogen and oxygen atoms in total. The molecule has 1 aliphatic carbocycles. The Morgan fingerprint density at radius 2 is 2.11 bits per heavy atom. The molecule has 0 radical (unpaired) electrons. The third-order valence-electron chi connectivity index (χ3n) is 4.20. The fourth-order valence-electron chi connectivity index (χ4n) is 2.31. The maximum Gasteiger partial charge on any atom is 0.0624 e. The van der Waals surface area contributed by atoms with Crippen molar-refractivity contribution in [3.05, 3.63) is 17.5 Å². The molecule has 0 spiro atoms. The quantitative estimate of drug-likeness (QED) is 0.805. The van der Waals surface area contributed by atoms with E-state index in [4.69, 9.17) is 0 Å². The van der Waals surface area contributed by atoms with E-state index in [9.17, 15) is 0 Å². The van der Waals surface area contributed by atoms with Gasteiger partial charge < -0.3 is 5.32 Å². The molecule has 1 heterocycles. The Bertz CT molecular complexity index is 379. The van der Waals surface area contributed by atoms with Crippen LogP contribution in [0.25, 0.3) is 0 Å². The number of nitrogens with zero attached hydrogens (tertiary/aromatic N) is 2. The van der Waals surface area contributed by atoms with Crippen LogP contribution in [0.1, 0.15) is 45.0 Å². The number of aryl methyl sites for hydroxylation is 2. The predicted octanol–water partition coefficient (Wildman–Crippen LogP) is 2.55. The van der Waals surface area contributed by atoms with Gasteiger partial charge in [0.05, 0.1) is 5.69 Å². The van der Waals surface area contributed by atoms with E-state index < -0.39 is 0 Å². The molecule has 2 atom stereocenters. The van der Waals surface area contributed by atoms with Crippen molar-refractivity contribution < 1.29 is 0 Å². The van der Waals surface area contributed by atoms with E-state index >= 15 is 0 Å². The molecule has 2 unspecified atom stereocenters. The summed E-state index contributed by atoms with van der Waals surface area (Å²) < 4.78 is 2.05. The van der Waals surface area contributed by atoms with Gasteiger partial charge in [0.15, 0.2) is 0 Å². The molecule has 0 bridgehead atoms. The Morgan fingerprint density at radius 1 is 1.39 bits per heavy atom. The van der Waals surface area contributed by atoms with Crippen molar-refractivity contribution in [2.75, 3.05) is 6.54 Å². The van der Waals surface area contributed by atoms with E-state index in [0.29, 0.717) is 5.92 Å². The topological polar surface area (TPSA) is 29.9 Å². The summed E-state index contributed by atoms with van der Waals surface area (Å²) in [5, 5.41) is 8.16. The van der Waals surface area contributed by atoms with Gasteiger partial charge in [-0.3, -0.25) is 4.68 Å². The highest BCUT2D eigenvalue weighted by atomic mass is 15.3. The zero-order chi connectivity index (χ0) is 13.1.